The van der Waals surface area contributed by atoms with Crippen molar-refractivity contribution in [1.29, 1.82) is 0 Å². The maximum atomic E-state index is 6.04. The lowest BCUT2D eigenvalue weighted by Crippen LogP contribution is -2.32. The number of hydrogen-bond acceptors (Lipinski definition) is 3. The molecular formula is C15H18N2S. The summed E-state index contributed by atoms with van der Waals surface area (Å²) in [6.07, 6.45) is 1.07. The van der Waals surface area contributed by atoms with Crippen molar-refractivity contribution in [3.8, 4) is 0 Å². The van der Waals surface area contributed by atoms with Gasteiger partial charge >= 0.3 is 0 Å². The molecule has 0 saturated heterocycles. The topological polar surface area (TPSA) is 29.3 Å². The first-order valence-corrected chi connectivity index (χ1v) is 7.27. The van der Waals surface area contributed by atoms with Crippen molar-refractivity contribution < 1.29 is 0 Å². The molecule has 0 saturated carbocycles. The van der Waals surface area contributed by atoms with Gasteiger partial charge in [-0.2, -0.15) is 0 Å². The van der Waals surface area contributed by atoms with Gasteiger partial charge in [0.15, 0.2) is 0 Å². The Labute approximate surface area is 112 Å². The summed E-state index contributed by atoms with van der Waals surface area (Å²) in [6, 6.07) is 11.1. The van der Waals surface area contributed by atoms with Crippen LogP contribution in [0.4, 0.5) is 5.69 Å². The van der Waals surface area contributed by atoms with Crippen molar-refractivity contribution in [3.05, 3.63) is 51.7 Å². The van der Waals surface area contributed by atoms with Gasteiger partial charge in [0.25, 0.3) is 0 Å². The summed E-state index contributed by atoms with van der Waals surface area (Å²) in [6.45, 7) is 4.41. The maximum Gasteiger partial charge on any atom is 0.0416 e. The zero-order valence-electron chi connectivity index (χ0n) is 10.6. The molecule has 18 heavy (non-hydrogen) atoms. The van der Waals surface area contributed by atoms with Gasteiger partial charge in [-0.1, -0.05) is 18.2 Å². The summed E-state index contributed by atoms with van der Waals surface area (Å²) in [5, 5.41) is 2.15. The summed E-state index contributed by atoms with van der Waals surface area (Å²) >= 11 is 1.84. The van der Waals surface area contributed by atoms with E-state index in [0.717, 1.165) is 25.2 Å². The number of nitrogens with zero attached hydrogens (tertiary/aromatic N) is 1. The predicted molar refractivity (Wildman–Crippen MR) is 77.7 cm³/mol. The standard InChI is InChI=1S/C15H18N2S/c1-11(15-6-3-9-18-15)17-8-7-13-12(10-17)4-2-5-14(13)16/h2-6,9,11H,7-8,10,16H2,1H3. The minimum atomic E-state index is 0.500. The molecule has 0 amide bonds. The highest BCUT2D eigenvalue weighted by atomic mass is 32.1. The molecule has 2 heterocycles. The van der Waals surface area contributed by atoms with Crippen LogP contribution in [0, 0.1) is 0 Å². The van der Waals surface area contributed by atoms with Crippen LogP contribution >= 0.6 is 11.3 Å². The molecule has 0 spiro atoms. The van der Waals surface area contributed by atoms with Crippen LogP contribution in [0.5, 0.6) is 0 Å². The van der Waals surface area contributed by atoms with E-state index in [0.29, 0.717) is 6.04 Å². The summed E-state index contributed by atoms with van der Waals surface area (Å²) in [7, 11) is 0. The maximum absolute atomic E-state index is 6.04. The molecule has 1 atom stereocenters. The Morgan fingerprint density at radius 1 is 1.28 bits per heavy atom. The minimum absolute atomic E-state index is 0.500. The molecule has 94 valence electrons. The van der Waals surface area contributed by atoms with Crippen molar-refractivity contribution >= 4 is 17.0 Å². The number of thiophene rings is 1. The molecule has 0 bridgehead atoms. The van der Waals surface area contributed by atoms with Gasteiger partial charge in [0.2, 0.25) is 0 Å². The van der Waals surface area contributed by atoms with Crippen molar-refractivity contribution in [3.63, 3.8) is 0 Å². The summed E-state index contributed by atoms with van der Waals surface area (Å²) < 4.78 is 0. The van der Waals surface area contributed by atoms with E-state index in [4.69, 9.17) is 5.73 Å². The van der Waals surface area contributed by atoms with Crippen LogP contribution < -0.4 is 5.73 Å². The molecule has 0 aliphatic carbocycles. The Balaban J connectivity index is 1.83. The average molecular weight is 258 g/mol. The molecular weight excluding hydrogens is 240 g/mol. The van der Waals surface area contributed by atoms with E-state index in [9.17, 15) is 0 Å². The van der Waals surface area contributed by atoms with E-state index in [1.165, 1.54) is 16.0 Å². The molecule has 2 N–H and O–H groups in total. The molecule has 2 nitrogen and oxygen atoms in total. The highest BCUT2D eigenvalue weighted by Gasteiger charge is 2.22. The second kappa shape index (κ2) is 4.75. The zero-order chi connectivity index (χ0) is 12.5. The number of benzene rings is 1. The van der Waals surface area contributed by atoms with Crippen LogP contribution in [0.15, 0.2) is 35.7 Å². The third kappa shape index (κ3) is 2.04. The monoisotopic (exact) mass is 258 g/mol. The smallest absolute Gasteiger partial charge is 0.0416 e. The number of nitrogens with two attached hydrogens (primary N) is 1. The molecule has 2 aromatic rings. The first-order chi connectivity index (χ1) is 8.75. The average Bonchev–Trinajstić information content (AvgIpc) is 2.91. The van der Waals surface area contributed by atoms with E-state index in [1.807, 2.05) is 17.4 Å². The second-order valence-electron chi connectivity index (χ2n) is 4.90. The second-order valence-corrected chi connectivity index (χ2v) is 5.88. The minimum Gasteiger partial charge on any atom is -0.398 e. The predicted octanol–water partition coefficient (Wildman–Crippen LogP) is 3.45. The van der Waals surface area contributed by atoms with Crippen molar-refractivity contribution in [1.82, 2.24) is 4.90 Å². The van der Waals surface area contributed by atoms with Crippen LogP contribution in [0.2, 0.25) is 0 Å². The van der Waals surface area contributed by atoms with Gasteiger partial charge < -0.3 is 5.73 Å². The lowest BCUT2D eigenvalue weighted by molar-refractivity contribution is 0.195. The fraction of sp³-hybridized carbons (Fsp3) is 0.333. The van der Waals surface area contributed by atoms with Gasteiger partial charge in [0.05, 0.1) is 0 Å². The van der Waals surface area contributed by atoms with Crippen LogP contribution in [-0.2, 0) is 13.0 Å². The summed E-state index contributed by atoms with van der Waals surface area (Å²) in [5.41, 5.74) is 9.74. The lowest BCUT2D eigenvalue weighted by atomic mass is 9.97. The molecule has 0 fully saturated rings. The molecule has 1 aromatic heterocycles. The Hall–Kier alpha value is -1.32. The number of anilines is 1. The van der Waals surface area contributed by atoms with E-state index >= 15 is 0 Å². The van der Waals surface area contributed by atoms with Gasteiger partial charge in [-0.15, -0.1) is 11.3 Å². The van der Waals surface area contributed by atoms with Gasteiger partial charge in [-0.05, 0) is 42.0 Å². The van der Waals surface area contributed by atoms with Crippen LogP contribution in [-0.4, -0.2) is 11.4 Å². The summed E-state index contributed by atoms with van der Waals surface area (Å²) in [5.74, 6) is 0. The van der Waals surface area contributed by atoms with Gasteiger partial charge in [0, 0.05) is 29.7 Å². The number of nitrogen functional groups attached to an aromatic ring is 1. The van der Waals surface area contributed by atoms with Crippen LogP contribution in [0.1, 0.15) is 29.0 Å². The fourth-order valence-electron chi connectivity index (χ4n) is 2.70. The lowest BCUT2D eigenvalue weighted by Gasteiger charge is -2.33. The van der Waals surface area contributed by atoms with Gasteiger partial charge in [-0.3, -0.25) is 4.90 Å². The van der Waals surface area contributed by atoms with Crippen molar-refractivity contribution in [2.24, 2.45) is 0 Å². The SMILES string of the molecule is CC(c1cccs1)N1CCc2c(N)cccc2C1. The first kappa shape index (κ1) is 11.8. The molecule has 0 radical (unpaired) electrons. The van der Waals surface area contributed by atoms with Crippen LogP contribution in [0.3, 0.4) is 0 Å². The zero-order valence-corrected chi connectivity index (χ0v) is 11.4. The molecule has 3 heteroatoms. The Bertz CT molecular complexity index is 533. The molecule has 1 unspecified atom stereocenters. The molecule has 1 aliphatic heterocycles. The van der Waals surface area contributed by atoms with E-state index < -0.39 is 0 Å². The number of rotatable bonds is 2. The van der Waals surface area contributed by atoms with E-state index in [2.05, 4.69) is 41.5 Å². The third-order valence-corrected chi connectivity index (χ3v) is 4.88. The van der Waals surface area contributed by atoms with Gasteiger partial charge in [0.1, 0.15) is 0 Å². The molecule has 1 aliphatic rings. The Morgan fingerprint density at radius 3 is 2.94 bits per heavy atom. The first-order valence-electron chi connectivity index (χ1n) is 6.39. The largest absolute Gasteiger partial charge is 0.398 e. The van der Waals surface area contributed by atoms with Crippen molar-refractivity contribution in [2.45, 2.75) is 25.9 Å². The number of fused-ring (bicyclic) bond motifs is 1. The van der Waals surface area contributed by atoms with Gasteiger partial charge in [-0.25, -0.2) is 0 Å². The third-order valence-electron chi connectivity index (χ3n) is 3.83. The molecule has 1 aromatic carbocycles. The van der Waals surface area contributed by atoms with Crippen molar-refractivity contribution in [2.75, 3.05) is 12.3 Å². The van der Waals surface area contributed by atoms with E-state index in [-0.39, 0.29) is 0 Å². The normalized spacial score (nSPS) is 17.4. The highest BCUT2D eigenvalue weighted by Crippen LogP contribution is 2.31. The van der Waals surface area contributed by atoms with E-state index in [1.54, 1.807) is 0 Å². The molecule has 3 rings (SSSR count). The number of hydrogen-bond donors (Lipinski definition) is 1. The highest BCUT2D eigenvalue weighted by molar-refractivity contribution is 7.10. The quantitative estimate of drug-likeness (QED) is 0.836. The Morgan fingerprint density at radius 2 is 2.17 bits per heavy atom. The van der Waals surface area contributed by atoms with Crippen LogP contribution in [0.25, 0.3) is 0 Å². The Kier molecular flexibility index (Phi) is 3.10. The fourth-order valence-corrected chi connectivity index (χ4v) is 3.52. The summed E-state index contributed by atoms with van der Waals surface area (Å²) in [4.78, 5) is 3.98.